The standard InChI is InChI=1S/C49H31N3O/c1-2-9-37(10-3-1)47-50-48(52-49(51-47)39-25-20-35(21-26-39)41-27-22-32-8-4-5-11-40(32)30-41)38-23-18-34(19-24-38)33-14-16-36(17-15-33)42-28-29-46-44(31-42)43-12-6-7-13-45(43)53-46/h1-31H. The topological polar surface area (TPSA) is 51.8 Å². The maximum absolute atomic E-state index is 6.04. The maximum atomic E-state index is 6.04. The summed E-state index contributed by atoms with van der Waals surface area (Å²) in [6.07, 6.45) is 0. The van der Waals surface area contributed by atoms with Gasteiger partial charge in [-0.1, -0.05) is 164 Å². The molecule has 8 aromatic carbocycles. The van der Waals surface area contributed by atoms with Gasteiger partial charge in [-0.2, -0.15) is 0 Å². The van der Waals surface area contributed by atoms with Crippen molar-refractivity contribution >= 4 is 32.7 Å². The molecule has 0 radical (unpaired) electrons. The Bertz CT molecular complexity index is 2910. The quantitative estimate of drug-likeness (QED) is 0.176. The van der Waals surface area contributed by atoms with Crippen LogP contribution in [0.4, 0.5) is 0 Å². The largest absolute Gasteiger partial charge is 0.456 e. The summed E-state index contributed by atoms with van der Waals surface area (Å²) in [4.78, 5) is 14.9. The summed E-state index contributed by atoms with van der Waals surface area (Å²) < 4.78 is 6.04. The molecule has 2 heterocycles. The first kappa shape index (κ1) is 30.6. The normalized spacial score (nSPS) is 11.4. The van der Waals surface area contributed by atoms with Crippen molar-refractivity contribution < 1.29 is 4.42 Å². The highest BCUT2D eigenvalue weighted by atomic mass is 16.3. The number of aromatic nitrogens is 3. The van der Waals surface area contributed by atoms with Crippen molar-refractivity contribution in [2.45, 2.75) is 0 Å². The molecule has 0 bridgehead atoms. The monoisotopic (exact) mass is 677 g/mol. The van der Waals surface area contributed by atoms with Gasteiger partial charge in [0.05, 0.1) is 0 Å². The Labute approximate surface area is 306 Å². The number of hydrogen-bond acceptors (Lipinski definition) is 4. The van der Waals surface area contributed by atoms with Crippen LogP contribution < -0.4 is 0 Å². The van der Waals surface area contributed by atoms with Gasteiger partial charge in [0.2, 0.25) is 0 Å². The van der Waals surface area contributed by atoms with Crippen LogP contribution in [0, 0.1) is 0 Å². The van der Waals surface area contributed by atoms with E-state index < -0.39 is 0 Å². The molecule has 0 spiro atoms. The van der Waals surface area contributed by atoms with E-state index in [1.165, 1.54) is 16.3 Å². The summed E-state index contributed by atoms with van der Waals surface area (Å²) >= 11 is 0. The zero-order chi connectivity index (χ0) is 35.1. The fourth-order valence-corrected chi connectivity index (χ4v) is 7.10. The molecular weight excluding hydrogens is 647 g/mol. The molecule has 0 amide bonds. The lowest BCUT2D eigenvalue weighted by Gasteiger charge is -2.10. The lowest BCUT2D eigenvalue weighted by atomic mass is 9.98. The average Bonchev–Trinajstić information content (AvgIpc) is 3.62. The van der Waals surface area contributed by atoms with E-state index in [0.717, 1.165) is 66.4 Å². The van der Waals surface area contributed by atoms with Crippen LogP contribution in [-0.2, 0) is 0 Å². The maximum Gasteiger partial charge on any atom is 0.164 e. The molecule has 0 aliphatic heterocycles. The van der Waals surface area contributed by atoms with E-state index in [2.05, 4.69) is 146 Å². The molecule has 248 valence electrons. The second kappa shape index (κ2) is 12.9. The van der Waals surface area contributed by atoms with E-state index in [4.69, 9.17) is 19.4 Å². The molecular formula is C49H31N3O. The predicted octanol–water partition coefficient (Wildman–Crippen LogP) is 12.9. The van der Waals surface area contributed by atoms with Crippen LogP contribution >= 0.6 is 0 Å². The Morgan fingerprint density at radius 1 is 0.264 bits per heavy atom. The minimum absolute atomic E-state index is 0.636. The number of fused-ring (bicyclic) bond motifs is 4. The van der Waals surface area contributed by atoms with Gasteiger partial charge in [-0.25, -0.2) is 15.0 Å². The summed E-state index contributed by atoms with van der Waals surface area (Å²) in [5.41, 5.74) is 11.5. The smallest absolute Gasteiger partial charge is 0.164 e. The van der Waals surface area contributed by atoms with Crippen molar-refractivity contribution in [1.82, 2.24) is 15.0 Å². The third-order valence-electron chi connectivity index (χ3n) is 9.96. The lowest BCUT2D eigenvalue weighted by Crippen LogP contribution is -2.00. The van der Waals surface area contributed by atoms with Gasteiger partial charge in [0, 0.05) is 27.5 Å². The van der Waals surface area contributed by atoms with Crippen LogP contribution in [-0.4, -0.2) is 15.0 Å². The molecule has 4 nitrogen and oxygen atoms in total. The molecule has 0 saturated carbocycles. The van der Waals surface area contributed by atoms with Gasteiger partial charge >= 0.3 is 0 Å². The summed E-state index contributed by atoms with van der Waals surface area (Å²) in [6, 6.07) is 65.4. The van der Waals surface area contributed by atoms with Gasteiger partial charge in [0.15, 0.2) is 17.5 Å². The zero-order valence-electron chi connectivity index (χ0n) is 28.6. The van der Waals surface area contributed by atoms with Crippen LogP contribution in [0.25, 0.3) is 100 Å². The van der Waals surface area contributed by atoms with E-state index in [0.29, 0.717) is 17.5 Å². The Hall–Kier alpha value is -7.17. The number of para-hydroxylation sites is 1. The van der Waals surface area contributed by atoms with Gasteiger partial charge in [0.25, 0.3) is 0 Å². The van der Waals surface area contributed by atoms with E-state index in [1.807, 2.05) is 42.5 Å². The molecule has 4 heteroatoms. The van der Waals surface area contributed by atoms with Crippen molar-refractivity contribution in [1.29, 1.82) is 0 Å². The first-order valence-corrected chi connectivity index (χ1v) is 17.8. The zero-order valence-corrected chi connectivity index (χ0v) is 28.6. The second-order valence-corrected chi connectivity index (χ2v) is 13.3. The molecule has 0 aliphatic rings. The second-order valence-electron chi connectivity index (χ2n) is 13.3. The van der Waals surface area contributed by atoms with Crippen LogP contribution in [0.3, 0.4) is 0 Å². The fraction of sp³-hybridized carbons (Fsp3) is 0. The molecule has 0 atom stereocenters. The third kappa shape index (κ3) is 5.82. The molecule has 0 fully saturated rings. The van der Waals surface area contributed by atoms with Crippen molar-refractivity contribution in [3.05, 3.63) is 188 Å². The molecule has 10 aromatic rings. The Morgan fingerprint density at radius 2 is 0.679 bits per heavy atom. The fourth-order valence-electron chi connectivity index (χ4n) is 7.10. The summed E-state index contributed by atoms with van der Waals surface area (Å²) in [5.74, 6) is 1.92. The van der Waals surface area contributed by atoms with Crippen molar-refractivity contribution in [3.8, 4) is 67.5 Å². The number of benzene rings is 8. The number of hydrogen-bond donors (Lipinski definition) is 0. The van der Waals surface area contributed by atoms with E-state index in [1.54, 1.807) is 0 Å². The highest BCUT2D eigenvalue weighted by Crippen LogP contribution is 2.34. The van der Waals surface area contributed by atoms with Gasteiger partial charge in [-0.05, 0) is 68.4 Å². The minimum Gasteiger partial charge on any atom is -0.456 e. The Morgan fingerprint density at radius 3 is 1.30 bits per heavy atom. The third-order valence-corrected chi connectivity index (χ3v) is 9.96. The Balaban J connectivity index is 0.950. The lowest BCUT2D eigenvalue weighted by molar-refractivity contribution is 0.669. The van der Waals surface area contributed by atoms with E-state index in [-0.39, 0.29) is 0 Å². The van der Waals surface area contributed by atoms with E-state index in [9.17, 15) is 0 Å². The summed E-state index contributed by atoms with van der Waals surface area (Å²) in [5, 5.41) is 4.73. The van der Waals surface area contributed by atoms with Crippen molar-refractivity contribution in [2.24, 2.45) is 0 Å². The van der Waals surface area contributed by atoms with Gasteiger partial charge < -0.3 is 4.42 Å². The highest BCUT2D eigenvalue weighted by molar-refractivity contribution is 6.06. The van der Waals surface area contributed by atoms with Crippen LogP contribution in [0.5, 0.6) is 0 Å². The first-order chi connectivity index (χ1) is 26.2. The number of furan rings is 1. The number of nitrogens with zero attached hydrogens (tertiary/aromatic N) is 3. The summed E-state index contributed by atoms with van der Waals surface area (Å²) in [7, 11) is 0. The minimum atomic E-state index is 0.636. The van der Waals surface area contributed by atoms with Crippen molar-refractivity contribution in [3.63, 3.8) is 0 Å². The van der Waals surface area contributed by atoms with E-state index >= 15 is 0 Å². The predicted molar refractivity (Wildman–Crippen MR) is 217 cm³/mol. The molecule has 2 aromatic heterocycles. The Kier molecular flexibility index (Phi) is 7.43. The molecule has 10 rings (SSSR count). The highest BCUT2D eigenvalue weighted by Gasteiger charge is 2.14. The average molecular weight is 678 g/mol. The molecule has 0 aliphatic carbocycles. The van der Waals surface area contributed by atoms with Gasteiger partial charge in [-0.15, -0.1) is 0 Å². The van der Waals surface area contributed by atoms with Crippen LogP contribution in [0.15, 0.2) is 192 Å². The first-order valence-electron chi connectivity index (χ1n) is 17.8. The van der Waals surface area contributed by atoms with Gasteiger partial charge in [-0.3, -0.25) is 0 Å². The molecule has 53 heavy (non-hydrogen) atoms. The molecule has 0 N–H and O–H groups in total. The molecule has 0 saturated heterocycles. The summed E-state index contributed by atoms with van der Waals surface area (Å²) in [6.45, 7) is 0. The van der Waals surface area contributed by atoms with Gasteiger partial charge in [0.1, 0.15) is 11.2 Å². The molecule has 0 unspecified atom stereocenters. The SMILES string of the molecule is c1ccc(-c2nc(-c3ccc(-c4ccc(-c5ccc6oc7ccccc7c6c5)cc4)cc3)nc(-c3ccc(-c4ccc5ccccc5c4)cc3)n2)cc1. The van der Waals surface area contributed by atoms with Crippen molar-refractivity contribution in [2.75, 3.05) is 0 Å². The van der Waals surface area contributed by atoms with Crippen LogP contribution in [0.2, 0.25) is 0 Å². The number of rotatable bonds is 6. The van der Waals surface area contributed by atoms with Crippen LogP contribution in [0.1, 0.15) is 0 Å².